The van der Waals surface area contributed by atoms with Crippen LogP contribution in [0.5, 0.6) is 0 Å². The van der Waals surface area contributed by atoms with E-state index >= 15 is 0 Å². The average molecular weight is 554 g/mol. The number of nitrogens with zero attached hydrogens (tertiary/aromatic N) is 1. The molecule has 0 saturated carbocycles. The van der Waals surface area contributed by atoms with Crippen LogP contribution in [0.4, 0.5) is 9.59 Å². The molecule has 0 radical (unpaired) electrons. The van der Waals surface area contributed by atoms with Crippen molar-refractivity contribution in [3.8, 4) is 0 Å². The molecule has 0 bridgehead atoms. The second-order valence-corrected chi connectivity index (χ2v) is 9.75. The van der Waals surface area contributed by atoms with E-state index in [-0.39, 0.29) is 12.5 Å². The molecule has 0 aliphatic heterocycles. The Morgan fingerprint density at radius 3 is 1.93 bits per heavy atom. The van der Waals surface area contributed by atoms with Crippen LogP contribution in [0.2, 0.25) is 0 Å². The normalized spacial score (nSPS) is 11.4. The molecule has 0 heterocycles. The maximum atomic E-state index is 12.0. The molecule has 0 aliphatic carbocycles. The summed E-state index contributed by atoms with van der Waals surface area (Å²) in [5, 5.41) is 4.90. The van der Waals surface area contributed by atoms with Crippen LogP contribution in [0.1, 0.15) is 47.1 Å². The summed E-state index contributed by atoms with van der Waals surface area (Å²) in [6.07, 6.45) is -1.45. The third-order valence-corrected chi connectivity index (χ3v) is 4.07. The molecule has 0 aliphatic rings. The van der Waals surface area contributed by atoms with Crippen LogP contribution in [0.15, 0.2) is 27.7 Å². The van der Waals surface area contributed by atoms with Gasteiger partial charge >= 0.3 is 12.2 Å². The summed E-state index contributed by atoms with van der Waals surface area (Å²) in [4.78, 5) is 28.4. The van der Waals surface area contributed by atoms with E-state index in [1.54, 1.807) is 41.5 Å². The molecule has 0 atom stereocenters. The first-order chi connectivity index (χ1) is 12.2. The number of nitrogens with one attached hydrogen (secondary N) is 2. The number of rotatable bonds is 2. The van der Waals surface area contributed by atoms with Crippen molar-refractivity contribution < 1.29 is 19.1 Å². The highest BCUT2D eigenvalue weighted by Crippen LogP contribution is 2.20. The Balaban J connectivity index is 2.94. The Morgan fingerprint density at radius 2 is 1.52 bits per heavy atom. The van der Waals surface area contributed by atoms with E-state index in [4.69, 9.17) is 9.47 Å². The second kappa shape index (κ2) is 9.72. The molecule has 0 unspecified atom stereocenters. The number of carbonyl (C=O) groups excluding carboxylic acids is 2. The van der Waals surface area contributed by atoms with Gasteiger partial charge in [-0.25, -0.2) is 14.6 Å². The summed E-state index contributed by atoms with van der Waals surface area (Å²) in [6.45, 7) is 10.7. The Kier molecular flexibility index (Phi) is 8.52. The van der Waals surface area contributed by atoms with Gasteiger partial charge in [-0.3, -0.25) is 10.6 Å². The molecule has 0 fully saturated rings. The Bertz CT molecular complexity index is 692. The van der Waals surface area contributed by atoms with Crippen molar-refractivity contribution in [2.75, 3.05) is 0 Å². The van der Waals surface area contributed by atoms with Crippen LogP contribution in [-0.2, 0) is 16.0 Å². The summed E-state index contributed by atoms with van der Waals surface area (Å²) in [7, 11) is 0. The molecule has 7 nitrogen and oxygen atoms in total. The SMILES string of the molecule is CC(C)(C)OC(=O)NC(=NCc1ccc(I)cc1Br)NC(=O)OC(C)(C)C. The van der Waals surface area contributed by atoms with Gasteiger partial charge in [-0.2, -0.15) is 0 Å². The second-order valence-electron chi connectivity index (χ2n) is 7.65. The van der Waals surface area contributed by atoms with Gasteiger partial charge in [0.25, 0.3) is 0 Å². The lowest BCUT2D eigenvalue weighted by Crippen LogP contribution is -2.47. The van der Waals surface area contributed by atoms with Crippen LogP contribution >= 0.6 is 38.5 Å². The number of amides is 2. The van der Waals surface area contributed by atoms with Gasteiger partial charge in [0.2, 0.25) is 5.96 Å². The minimum absolute atomic E-state index is 0.0519. The van der Waals surface area contributed by atoms with Crippen molar-refractivity contribution in [1.29, 1.82) is 0 Å². The van der Waals surface area contributed by atoms with Gasteiger partial charge < -0.3 is 9.47 Å². The Morgan fingerprint density at radius 1 is 1.04 bits per heavy atom. The number of hydrogen-bond acceptors (Lipinski definition) is 5. The Labute approximate surface area is 181 Å². The number of alkyl carbamates (subject to hydrolysis) is 2. The van der Waals surface area contributed by atoms with Crippen LogP contribution < -0.4 is 10.6 Å². The maximum Gasteiger partial charge on any atom is 0.414 e. The van der Waals surface area contributed by atoms with E-state index in [1.807, 2.05) is 18.2 Å². The minimum Gasteiger partial charge on any atom is -0.444 e. The van der Waals surface area contributed by atoms with Crippen molar-refractivity contribution in [2.24, 2.45) is 4.99 Å². The predicted octanol–water partition coefficient (Wildman–Crippen LogP) is 4.96. The summed E-state index contributed by atoms with van der Waals surface area (Å²) < 4.78 is 12.4. The highest BCUT2D eigenvalue weighted by atomic mass is 127. The summed E-state index contributed by atoms with van der Waals surface area (Å²) in [6, 6.07) is 5.81. The van der Waals surface area contributed by atoms with E-state index in [0.717, 1.165) is 13.6 Å². The van der Waals surface area contributed by atoms with E-state index in [9.17, 15) is 9.59 Å². The number of benzene rings is 1. The maximum absolute atomic E-state index is 12.0. The van der Waals surface area contributed by atoms with Gasteiger partial charge in [0.1, 0.15) is 11.2 Å². The molecule has 150 valence electrons. The number of guanidine groups is 1. The van der Waals surface area contributed by atoms with Gasteiger partial charge in [0.05, 0.1) is 6.54 Å². The van der Waals surface area contributed by atoms with Gasteiger partial charge in [0.15, 0.2) is 0 Å². The summed E-state index contributed by atoms with van der Waals surface area (Å²) in [5.41, 5.74) is -0.467. The molecule has 1 aromatic rings. The van der Waals surface area contributed by atoms with Crippen molar-refractivity contribution >= 4 is 56.7 Å². The molecule has 1 aromatic carbocycles. The number of halogens is 2. The monoisotopic (exact) mass is 553 g/mol. The summed E-state index contributed by atoms with van der Waals surface area (Å²) in [5.74, 6) is -0.0519. The highest BCUT2D eigenvalue weighted by molar-refractivity contribution is 14.1. The van der Waals surface area contributed by atoms with Crippen LogP contribution in [0.25, 0.3) is 0 Å². The molecular formula is C18H25BrIN3O4. The zero-order chi connectivity index (χ0) is 20.8. The first kappa shape index (κ1) is 23.7. The number of hydrogen-bond donors (Lipinski definition) is 2. The molecule has 0 saturated heterocycles. The van der Waals surface area contributed by atoms with Gasteiger partial charge in [-0.15, -0.1) is 0 Å². The lowest BCUT2D eigenvalue weighted by atomic mass is 10.2. The fourth-order valence-corrected chi connectivity index (χ4v) is 3.15. The highest BCUT2D eigenvalue weighted by Gasteiger charge is 2.21. The molecule has 2 amide bonds. The summed E-state index contributed by atoms with van der Waals surface area (Å²) >= 11 is 5.69. The fourth-order valence-electron chi connectivity index (χ4n) is 1.73. The first-order valence-corrected chi connectivity index (χ1v) is 10.1. The topological polar surface area (TPSA) is 89.0 Å². The zero-order valence-corrected chi connectivity index (χ0v) is 20.0. The molecule has 0 spiro atoms. The molecule has 27 heavy (non-hydrogen) atoms. The first-order valence-electron chi connectivity index (χ1n) is 8.23. The van der Waals surface area contributed by atoms with Crippen LogP contribution in [0, 0.1) is 3.57 Å². The van der Waals surface area contributed by atoms with Crippen molar-refractivity contribution in [1.82, 2.24) is 10.6 Å². The largest absolute Gasteiger partial charge is 0.444 e. The number of carbonyl (C=O) groups is 2. The van der Waals surface area contributed by atoms with Gasteiger partial charge in [-0.1, -0.05) is 22.0 Å². The molecule has 1 rings (SSSR count). The van der Waals surface area contributed by atoms with E-state index in [2.05, 4.69) is 54.1 Å². The minimum atomic E-state index is -0.723. The fraction of sp³-hybridized carbons (Fsp3) is 0.500. The average Bonchev–Trinajstić information content (AvgIpc) is 2.41. The lowest BCUT2D eigenvalue weighted by molar-refractivity contribution is 0.0545. The molecule has 0 aromatic heterocycles. The standard InChI is InChI=1S/C18H25BrIN3O4/c1-17(2,3)26-15(24)22-14(23-16(25)27-18(4,5)6)21-10-11-7-8-12(20)9-13(11)19/h7-9H,10H2,1-6H3,(H2,21,22,23,24,25). The van der Waals surface area contributed by atoms with E-state index in [0.29, 0.717) is 0 Å². The molecule has 2 N–H and O–H groups in total. The quantitative estimate of drug-likeness (QED) is 0.308. The van der Waals surface area contributed by atoms with Crippen LogP contribution in [0.3, 0.4) is 0 Å². The third kappa shape index (κ3) is 10.5. The molecular weight excluding hydrogens is 529 g/mol. The molecule has 9 heteroatoms. The smallest absolute Gasteiger partial charge is 0.414 e. The van der Waals surface area contributed by atoms with Crippen LogP contribution in [-0.4, -0.2) is 29.3 Å². The predicted molar refractivity (Wildman–Crippen MR) is 117 cm³/mol. The van der Waals surface area contributed by atoms with E-state index < -0.39 is 23.4 Å². The van der Waals surface area contributed by atoms with Gasteiger partial charge in [-0.05, 0) is 81.8 Å². The number of aliphatic imine (C=N–C) groups is 1. The zero-order valence-electron chi connectivity index (χ0n) is 16.3. The van der Waals surface area contributed by atoms with E-state index in [1.165, 1.54) is 0 Å². The van der Waals surface area contributed by atoms with Crippen molar-refractivity contribution in [3.63, 3.8) is 0 Å². The van der Waals surface area contributed by atoms with Gasteiger partial charge in [0, 0.05) is 8.04 Å². The number of ether oxygens (including phenoxy) is 2. The van der Waals surface area contributed by atoms with Crippen molar-refractivity contribution in [2.45, 2.75) is 59.3 Å². The third-order valence-electron chi connectivity index (χ3n) is 2.66. The Hall–Kier alpha value is -1.36. The van der Waals surface area contributed by atoms with Crippen molar-refractivity contribution in [3.05, 3.63) is 31.8 Å². The lowest BCUT2D eigenvalue weighted by Gasteiger charge is -2.22.